The summed E-state index contributed by atoms with van der Waals surface area (Å²) in [7, 11) is 2.84. The molecule has 0 saturated carbocycles. The number of benzene rings is 2. The molecule has 0 atom stereocenters. The molecule has 120 valence electrons. The number of aromatic hydroxyl groups is 2. The number of rotatable bonds is 5. The topological polar surface area (TPSA) is 100 Å². The van der Waals surface area contributed by atoms with Crippen LogP contribution in [-0.2, 0) is 0 Å². The molecule has 0 aromatic heterocycles. The highest BCUT2D eigenvalue weighted by Gasteiger charge is 2.09. The molecule has 0 unspecified atom stereocenters. The molecule has 0 saturated heterocycles. The van der Waals surface area contributed by atoms with Crippen LogP contribution in [-0.4, -0.2) is 36.6 Å². The molecule has 0 fully saturated rings. The van der Waals surface area contributed by atoms with Crippen LogP contribution in [0.5, 0.6) is 23.0 Å². The van der Waals surface area contributed by atoms with Crippen molar-refractivity contribution in [2.75, 3.05) is 14.2 Å². The average Bonchev–Trinajstić information content (AvgIpc) is 2.56. The van der Waals surface area contributed by atoms with Crippen LogP contribution in [0.1, 0.15) is 15.9 Å². The minimum atomic E-state index is -0.453. The van der Waals surface area contributed by atoms with Gasteiger partial charge in [0.2, 0.25) is 0 Å². The lowest BCUT2D eigenvalue weighted by atomic mass is 10.2. The normalized spacial score (nSPS) is 10.5. The molecule has 3 N–H and O–H groups in total. The minimum absolute atomic E-state index is 0.0184. The van der Waals surface area contributed by atoms with E-state index in [1.165, 1.54) is 44.7 Å². The number of hydrazone groups is 1. The highest BCUT2D eigenvalue weighted by Crippen LogP contribution is 2.26. The Balaban J connectivity index is 2.06. The molecule has 2 rings (SSSR count). The van der Waals surface area contributed by atoms with Crippen LogP contribution in [0, 0.1) is 0 Å². The van der Waals surface area contributed by atoms with Crippen molar-refractivity contribution >= 4 is 12.1 Å². The average molecular weight is 316 g/mol. The van der Waals surface area contributed by atoms with Crippen LogP contribution in [0.2, 0.25) is 0 Å². The minimum Gasteiger partial charge on any atom is -0.504 e. The number of hydrogen-bond acceptors (Lipinski definition) is 6. The van der Waals surface area contributed by atoms with Crippen LogP contribution in [0.3, 0.4) is 0 Å². The van der Waals surface area contributed by atoms with Gasteiger partial charge in [-0.2, -0.15) is 5.10 Å². The van der Waals surface area contributed by atoms with Gasteiger partial charge < -0.3 is 19.7 Å². The summed E-state index contributed by atoms with van der Waals surface area (Å²) >= 11 is 0. The molecule has 23 heavy (non-hydrogen) atoms. The summed E-state index contributed by atoms with van der Waals surface area (Å²) in [4.78, 5) is 12.0. The van der Waals surface area contributed by atoms with Crippen molar-refractivity contribution in [3.05, 3.63) is 47.5 Å². The van der Waals surface area contributed by atoms with E-state index in [1.54, 1.807) is 12.1 Å². The largest absolute Gasteiger partial charge is 0.504 e. The van der Waals surface area contributed by atoms with Gasteiger partial charge in [0.05, 0.1) is 20.4 Å². The molecule has 0 aliphatic heterocycles. The van der Waals surface area contributed by atoms with E-state index in [1.807, 2.05) is 0 Å². The van der Waals surface area contributed by atoms with E-state index in [0.717, 1.165) is 0 Å². The van der Waals surface area contributed by atoms with Crippen LogP contribution in [0.15, 0.2) is 41.5 Å². The summed E-state index contributed by atoms with van der Waals surface area (Å²) < 4.78 is 9.92. The van der Waals surface area contributed by atoms with E-state index in [0.29, 0.717) is 16.9 Å². The van der Waals surface area contributed by atoms with E-state index < -0.39 is 5.91 Å². The van der Waals surface area contributed by atoms with Crippen molar-refractivity contribution in [2.24, 2.45) is 5.10 Å². The number of nitrogens with one attached hydrogen (secondary N) is 1. The Morgan fingerprint density at radius 2 is 1.65 bits per heavy atom. The Hall–Kier alpha value is -3.22. The zero-order valence-corrected chi connectivity index (χ0v) is 12.6. The molecule has 2 aromatic carbocycles. The summed E-state index contributed by atoms with van der Waals surface area (Å²) in [5.41, 5.74) is 3.29. The molecule has 0 bridgehead atoms. The Morgan fingerprint density at radius 1 is 1.04 bits per heavy atom. The van der Waals surface area contributed by atoms with Gasteiger partial charge in [-0.1, -0.05) is 0 Å². The van der Waals surface area contributed by atoms with Crippen molar-refractivity contribution in [1.29, 1.82) is 0 Å². The Kier molecular flexibility index (Phi) is 5.03. The monoisotopic (exact) mass is 316 g/mol. The summed E-state index contributed by atoms with van der Waals surface area (Å²) in [6.45, 7) is 0. The lowest BCUT2D eigenvalue weighted by Crippen LogP contribution is -2.17. The van der Waals surface area contributed by atoms with Crippen LogP contribution >= 0.6 is 0 Å². The molecular weight excluding hydrogens is 300 g/mol. The fourth-order valence-electron chi connectivity index (χ4n) is 1.82. The predicted molar refractivity (Wildman–Crippen MR) is 84.4 cm³/mol. The van der Waals surface area contributed by atoms with E-state index >= 15 is 0 Å². The van der Waals surface area contributed by atoms with Crippen LogP contribution in [0.25, 0.3) is 0 Å². The van der Waals surface area contributed by atoms with E-state index in [9.17, 15) is 15.0 Å². The van der Waals surface area contributed by atoms with Crippen molar-refractivity contribution in [1.82, 2.24) is 5.43 Å². The first-order chi connectivity index (χ1) is 11.0. The third-order valence-electron chi connectivity index (χ3n) is 3.03. The molecule has 0 heterocycles. The molecule has 7 nitrogen and oxygen atoms in total. The second-order valence-electron chi connectivity index (χ2n) is 4.52. The standard InChI is InChI=1S/C16H16N2O5/c1-22-14-7-10(3-5-12(14)19)9-17-18-16(21)11-4-6-13(20)15(8-11)23-2/h3-9,19-20H,1-2H3,(H,18,21)/b17-9+. The number of amides is 1. The zero-order valence-electron chi connectivity index (χ0n) is 12.6. The maximum atomic E-state index is 12.0. The Bertz CT molecular complexity index is 743. The molecule has 1 amide bonds. The Labute approximate surface area is 132 Å². The summed E-state index contributed by atoms with van der Waals surface area (Å²) in [6.07, 6.45) is 1.41. The second kappa shape index (κ2) is 7.17. The van der Waals surface area contributed by atoms with E-state index in [2.05, 4.69) is 10.5 Å². The van der Waals surface area contributed by atoms with Gasteiger partial charge in [0.15, 0.2) is 23.0 Å². The number of phenols is 2. The maximum Gasteiger partial charge on any atom is 0.271 e. The van der Waals surface area contributed by atoms with E-state index in [4.69, 9.17) is 9.47 Å². The predicted octanol–water partition coefficient (Wildman–Crippen LogP) is 1.88. The lowest BCUT2D eigenvalue weighted by molar-refractivity contribution is 0.0954. The van der Waals surface area contributed by atoms with Gasteiger partial charge in [-0.3, -0.25) is 4.79 Å². The molecule has 0 aliphatic carbocycles. The quantitative estimate of drug-likeness (QED) is 0.577. The molecule has 0 aliphatic rings. The van der Waals surface area contributed by atoms with Gasteiger partial charge in [-0.15, -0.1) is 0 Å². The number of hydrogen-bond donors (Lipinski definition) is 3. The first kappa shape index (κ1) is 16.2. The third kappa shape index (κ3) is 3.91. The summed E-state index contributed by atoms with van der Waals surface area (Å²) in [6, 6.07) is 8.89. The van der Waals surface area contributed by atoms with Gasteiger partial charge in [-0.05, 0) is 42.0 Å². The fraction of sp³-hybridized carbons (Fsp3) is 0.125. The van der Waals surface area contributed by atoms with Gasteiger partial charge in [0, 0.05) is 5.56 Å². The van der Waals surface area contributed by atoms with Gasteiger partial charge in [0.25, 0.3) is 5.91 Å². The number of nitrogens with zero attached hydrogens (tertiary/aromatic N) is 1. The third-order valence-corrected chi connectivity index (χ3v) is 3.03. The molecule has 0 spiro atoms. The van der Waals surface area contributed by atoms with Crippen molar-refractivity contribution < 1.29 is 24.5 Å². The summed E-state index contributed by atoms with van der Waals surface area (Å²) in [5, 5.41) is 22.8. The number of methoxy groups -OCH3 is 2. The number of carbonyl (C=O) groups excluding carboxylic acids is 1. The van der Waals surface area contributed by atoms with Gasteiger partial charge >= 0.3 is 0 Å². The first-order valence-electron chi connectivity index (χ1n) is 6.62. The van der Waals surface area contributed by atoms with E-state index in [-0.39, 0.29) is 17.2 Å². The molecular formula is C16H16N2O5. The lowest BCUT2D eigenvalue weighted by Gasteiger charge is -2.05. The van der Waals surface area contributed by atoms with Crippen LogP contribution in [0.4, 0.5) is 0 Å². The smallest absolute Gasteiger partial charge is 0.271 e. The van der Waals surface area contributed by atoms with Crippen molar-refractivity contribution in [2.45, 2.75) is 0 Å². The fourth-order valence-corrected chi connectivity index (χ4v) is 1.82. The Morgan fingerprint density at radius 3 is 2.30 bits per heavy atom. The second-order valence-corrected chi connectivity index (χ2v) is 4.52. The molecule has 0 radical (unpaired) electrons. The zero-order chi connectivity index (χ0) is 16.8. The van der Waals surface area contributed by atoms with Crippen molar-refractivity contribution in [3.8, 4) is 23.0 Å². The van der Waals surface area contributed by atoms with Crippen molar-refractivity contribution in [3.63, 3.8) is 0 Å². The highest BCUT2D eigenvalue weighted by atomic mass is 16.5. The van der Waals surface area contributed by atoms with Crippen LogP contribution < -0.4 is 14.9 Å². The SMILES string of the molecule is COc1cc(/C=N/NC(=O)c2ccc(O)c(OC)c2)ccc1O. The number of ether oxygens (including phenoxy) is 2. The van der Waals surface area contributed by atoms with Gasteiger partial charge in [-0.25, -0.2) is 5.43 Å². The maximum absolute atomic E-state index is 12.0. The van der Waals surface area contributed by atoms with Gasteiger partial charge in [0.1, 0.15) is 0 Å². The number of phenolic OH excluding ortho intramolecular Hbond substituents is 2. The summed E-state index contributed by atoms with van der Waals surface area (Å²) in [5.74, 6) is 0.0207. The number of carbonyl (C=O) groups is 1. The first-order valence-corrected chi connectivity index (χ1v) is 6.62. The highest BCUT2D eigenvalue weighted by molar-refractivity contribution is 5.95. The molecule has 7 heteroatoms. The molecule has 2 aromatic rings.